The second kappa shape index (κ2) is 5.42. The smallest absolute Gasteiger partial charge is 0.261 e. The van der Waals surface area contributed by atoms with Crippen molar-refractivity contribution < 1.29 is 8.42 Å². The molecule has 0 amide bonds. The molecule has 1 heterocycles. The number of H-pyrrole nitrogens is 1. The molecule has 0 saturated heterocycles. The van der Waals surface area contributed by atoms with Gasteiger partial charge in [-0.25, -0.2) is 13.4 Å². The summed E-state index contributed by atoms with van der Waals surface area (Å²) < 4.78 is 26.2. The van der Waals surface area contributed by atoms with E-state index in [1.165, 1.54) is 12.1 Å². The van der Waals surface area contributed by atoms with Gasteiger partial charge in [0.2, 0.25) is 15.8 Å². The molecule has 0 spiro atoms. The molecule has 0 aliphatic heterocycles. The van der Waals surface area contributed by atoms with Gasteiger partial charge in [0.25, 0.3) is 5.56 Å². The fourth-order valence-corrected chi connectivity index (χ4v) is 4.37. The summed E-state index contributed by atoms with van der Waals surface area (Å²) in [6.07, 6.45) is 0. The van der Waals surface area contributed by atoms with E-state index < -0.39 is 15.4 Å². The van der Waals surface area contributed by atoms with Gasteiger partial charge in [0.15, 0.2) is 0 Å². The third-order valence-corrected chi connectivity index (χ3v) is 5.83. The molecule has 3 aromatic carbocycles. The molecule has 25 heavy (non-hydrogen) atoms. The summed E-state index contributed by atoms with van der Waals surface area (Å²) in [5.74, 6) is -0.0576. The van der Waals surface area contributed by atoms with Gasteiger partial charge in [0.1, 0.15) is 0 Å². The zero-order valence-electron chi connectivity index (χ0n) is 12.9. The van der Waals surface area contributed by atoms with Gasteiger partial charge >= 0.3 is 0 Å². The molecule has 0 unspecified atom stereocenters. The third-order valence-electron chi connectivity index (χ3n) is 4.03. The Morgan fingerprint density at radius 2 is 1.68 bits per heavy atom. The minimum atomic E-state index is -3.89. The van der Waals surface area contributed by atoms with Crippen LogP contribution in [0, 0.1) is 0 Å². The molecule has 0 bridgehead atoms. The Hall–Kier alpha value is -3.19. The van der Waals surface area contributed by atoms with Crippen molar-refractivity contribution in [2.24, 2.45) is 0 Å². The van der Waals surface area contributed by atoms with Crippen LogP contribution in [0.5, 0.6) is 0 Å². The molecular weight excluding hydrogens is 338 g/mol. The van der Waals surface area contributed by atoms with E-state index in [0.29, 0.717) is 0 Å². The van der Waals surface area contributed by atoms with Crippen LogP contribution >= 0.6 is 0 Å². The number of aromatic nitrogens is 2. The largest absolute Gasteiger partial charge is 0.369 e. The summed E-state index contributed by atoms with van der Waals surface area (Å²) in [5, 5.41) is 1.75. The molecule has 1 aromatic heterocycles. The summed E-state index contributed by atoms with van der Waals surface area (Å²) in [6.45, 7) is 0. The summed E-state index contributed by atoms with van der Waals surface area (Å²) >= 11 is 0. The Bertz CT molecular complexity index is 1290. The van der Waals surface area contributed by atoms with Crippen LogP contribution < -0.4 is 11.3 Å². The number of aromatic amines is 1. The van der Waals surface area contributed by atoms with Crippen LogP contribution in [0.3, 0.4) is 0 Å². The second-order valence-electron chi connectivity index (χ2n) is 5.61. The second-order valence-corrected chi connectivity index (χ2v) is 7.53. The van der Waals surface area contributed by atoms with Crippen LogP contribution in [0.2, 0.25) is 0 Å². The predicted molar refractivity (Wildman–Crippen MR) is 96.2 cm³/mol. The maximum Gasteiger partial charge on any atom is 0.261 e. The van der Waals surface area contributed by atoms with Crippen molar-refractivity contribution >= 4 is 37.5 Å². The van der Waals surface area contributed by atoms with Gasteiger partial charge in [-0.1, -0.05) is 36.4 Å². The van der Waals surface area contributed by atoms with E-state index in [1.807, 2.05) is 24.3 Å². The monoisotopic (exact) mass is 351 g/mol. The highest BCUT2D eigenvalue weighted by Crippen LogP contribution is 2.28. The van der Waals surface area contributed by atoms with Crippen molar-refractivity contribution in [1.82, 2.24) is 9.97 Å². The van der Waals surface area contributed by atoms with Crippen molar-refractivity contribution in [2.75, 3.05) is 5.73 Å². The lowest BCUT2D eigenvalue weighted by molar-refractivity contribution is 0.597. The fourth-order valence-electron chi connectivity index (χ4n) is 2.86. The molecule has 0 aliphatic carbocycles. The molecule has 124 valence electrons. The number of benzene rings is 3. The van der Waals surface area contributed by atoms with E-state index in [0.717, 1.165) is 10.8 Å². The SMILES string of the molecule is Nc1nc2cccc(S(=O)(=O)c3ccc4ccccc4c3)c2c(=O)[nH]1. The first-order valence-corrected chi connectivity index (χ1v) is 8.97. The van der Waals surface area contributed by atoms with E-state index in [4.69, 9.17) is 5.73 Å². The predicted octanol–water partition coefficient (Wildman–Crippen LogP) is 2.49. The van der Waals surface area contributed by atoms with Crippen molar-refractivity contribution in [3.8, 4) is 0 Å². The van der Waals surface area contributed by atoms with Crippen LogP contribution in [0.15, 0.2) is 75.2 Å². The molecule has 6 nitrogen and oxygen atoms in total. The number of nitrogens with one attached hydrogen (secondary N) is 1. The standard InChI is InChI=1S/C18H13N3O3S/c19-18-20-14-6-3-7-15(16(14)17(22)21-18)25(23,24)13-9-8-11-4-1-2-5-12(11)10-13/h1-10H,(H3,19,20,21,22). The first kappa shape index (κ1) is 15.3. The number of nitrogen functional groups attached to an aromatic ring is 1. The third kappa shape index (κ3) is 2.45. The molecule has 0 atom stereocenters. The molecule has 7 heteroatoms. The summed E-state index contributed by atoms with van der Waals surface area (Å²) in [7, 11) is -3.89. The highest BCUT2D eigenvalue weighted by Gasteiger charge is 2.23. The number of rotatable bonds is 2. The molecule has 0 saturated carbocycles. The molecular formula is C18H13N3O3S. The first-order chi connectivity index (χ1) is 12.0. The van der Waals surface area contributed by atoms with Gasteiger partial charge in [0.05, 0.1) is 20.7 Å². The van der Waals surface area contributed by atoms with Crippen LogP contribution in [0.4, 0.5) is 5.95 Å². The van der Waals surface area contributed by atoms with Crippen molar-refractivity contribution in [3.63, 3.8) is 0 Å². The Balaban J connectivity index is 2.02. The molecule has 3 N–H and O–H groups in total. The van der Waals surface area contributed by atoms with E-state index in [-0.39, 0.29) is 26.6 Å². The topological polar surface area (TPSA) is 106 Å². The Morgan fingerprint density at radius 1 is 0.920 bits per heavy atom. The van der Waals surface area contributed by atoms with E-state index in [9.17, 15) is 13.2 Å². The Labute approximate surface area is 142 Å². The van der Waals surface area contributed by atoms with E-state index >= 15 is 0 Å². The lowest BCUT2D eigenvalue weighted by Crippen LogP contribution is -2.15. The highest BCUT2D eigenvalue weighted by molar-refractivity contribution is 7.91. The van der Waals surface area contributed by atoms with Crippen LogP contribution in [0.25, 0.3) is 21.7 Å². The Kier molecular flexibility index (Phi) is 3.33. The number of nitrogens with zero attached hydrogens (tertiary/aromatic N) is 1. The molecule has 0 fully saturated rings. The quantitative estimate of drug-likeness (QED) is 0.577. The lowest BCUT2D eigenvalue weighted by atomic mass is 10.1. The van der Waals surface area contributed by atoms with Gasteiger partial charge in [-0.15, -0.1) is 0 Å². The van der Waals surface area contributed by atoms with Gasteiger partial charge < -0.3 is 5.73 Å². The molecule has 0 aliphatic rings. The maximum atomic E-state index is 13.1. The van der Waals surface area contributed by atoms with Crippen molar-refractivity contribution in [1.29, 1.82) is 0 Å². The normalized spacial score (nSPS) is 11.8. The van der Waals surface area contributed by atoms with Gasteiger partial charge in [-0.2, -0.15) is 0 Å². The van der Waals surface area contributed by atoms with Gasteiger partial charge in [-0.3, -0.25) is 9.78 Å². The van der Waals surface area contributed by atoms with Gasteiger partial charge in [-0.05, 0) is 35.0 Å². The average molecular weight is 351 g/mol. The number of sulfone groups is 1. The first-order valence-electron chi connectivity index (χ1n) is 7.49. The van der Waals surface area contributed by atoms with Crippen LogP contribution in [-0.2, 0) is 9.84 Å². The van der Waals surface area contributed by atoms with Gasteiger partial charge in [0, 0.05) is 0 Å². The maximum absolute atomic E-state index is 13.1. The van der Waals surface area contributed by atoms with Crippen molar-refractivity contribution in [2.45, 2.75) is 9.79 Å². The number of fused-ring (bicyclic) bond motifs is 2. The lowest BCUT2D eigenvalue weighted by Gasteiger charge is -2.09. The fraction of sp³-hybridized carbons (Fsp3) is 0. The minimum Gasteiger partial charge on any atom is -0.369 e. The molecule has 0 radical (unpaired) electrons. The number of anilines is 1. The number of nitrogens with two attached hydrogens (primary N) is 1. The summed E-state index contributed by atoms with van der Waals surface area (Å²) in [5.41, 5.74) is 5.20. The minimum absolute atomic E-state index is 0.00450. The average Bonchev–Trinajstić information content (AvgIpc) is 2.60. The van der Waals surface area contributed by atoms with Crippen molar-refractivity contribution in [3.05, 3.63) is 71.0 Å². The summed E-state index contributed by atoms with van der Waals surface area (Å²) in [4.78, 5) is 18.7. The zero-order chi connectivity index (χ0) is 17.6. The molecule has 4 rings (SSSR count). The Morgan fingerprint density at radius 3 is 2.48 bits per heavy atom. The summed E-state index contributed by atoms with van der Waals surface area (Å²) in [6, 6.07) is 16.9. The van der Waals surface area contributed by atoms with Crippen LogP contribution in [-0.4, -0.2) is 18.4 Å². The van der Waals surface area contributed by atoms with E-state index in [2.05, 4.69) is 9.97 Å². The highest BCUT2D eigenvalue weighted by atomic mass is 32.2. The number of hydrogen-bond donors (Lipinski definition) is 2. The molecule has 4 aromatic rings. The van der Waals surface area contributed by atoms with E-state index in [1.54, 1.807) is 24.3 Å². The van der Waals surface area contributed by atoms with Crippen LogP contribution in [0.1, 0.15) is 0 Å². The number of hydrogen-bond acceptors (Lipinski definition) is 5. The zero-order valence-corrected chi connectivity index (χ0v) is 13.7.